The molecule has 6 rings (SSSR count). The normalized spacial score (nSPS) is 14.5. The van der Waals surface area contributed by atoms with Crippen molar-refractivity contribution in [2.75, 3.05) is 42.3 Å². The first-order valence-electron chi connectivity index (χ1n) is 15.7. The molecule has 0 unspecified atom stereocenters. The first-order chi connectivity index (χ1) is 25.1. The summed E-state index contributed by atoms with van der Waals surface area (Å²) in [5.74, 6) is 1.29. The number of halogens is 1. The van der Waals surface area contributed by atoms with E-state index < -0.39 is 38.3 Å². The lowest BCUT2D eigenvalue weighted by Gasteiger charge is -2.28. The zero-order chi connectivity index (χ0) is 38.5. The van der Waals surface area contributed by atoms with Crippen LogP contribution in [0.2, 0.25) is 0 Å². The second kappa shape index (κ2) is 15.6. The Morgan fingerprint density at radius 1 is 1.21 bits per heavy atom. The van der Waals surface area contributed by atoms with Gasteiger partial charge in [0.2, 0.25) is 16.7 Å². The van der Waals surface area contributed by atoms with Crippen LogP contribution >= 0.6 is 11.5 Å². The average molecular weight is 769 g/mol. The van der Waals surface area contributed by atoms with Crippen LogP contribution in [0.1, 0.15) is 37.0 Å². The molecular formula is C32H33FN10O8S2. The van der Waals surface area contributed by atoms with Gasteiger partial charge in [-0.3, -0.25) is 15.0 Å². The van der Waals surface area contributed by atoms with Crippen molar-refractivity contribution in [2.24, 2.45) is 10.4 Å². The van der Waals surface area contributed by atoms with E-state index in [2.05, 4.69) is 54.7 Å². The number of ether oxygens (including phenoxy) is 2. The third-order valence-electron chi connectivity index (χ3n) is 7.41. The highest BCUT2D eigenvalue weighted by Gasteiger charge is 2.31. The molecule has 0 spiro atoms. The van der Waals surface area contributed by atoms with Crippen LogP contribution in [0.5, 0.6) is 11.8 Å². The van der Waals surface area contributed by atoms with E-state index in [9.17, 15) is 27.2 Å². The molecule has 2 aliphatic rings. The first-order valence-corrected chi connectivity index (χ1v) is 17.9. The Labute approximate surface area is 306 Å². The zero-order valence-corrected chi connectivity index (χ0v) is 30.3. The van der Waals surface area contributed by atoms with Crippen molar-refractivity contribution < 1.29 is 41.8 Å². The summed E-state index contributed by atoms with van der Waals surface area (Å²) in [5, 5.41) is 13.9. The highest BCUT2D eigenvalue weighted by atomic mass is 32.2. The number of aromatic carboxylic acids is 1. The third-order valence-corrected chi connectivity index (χ3v) is 9.57. The number of carboxylic acid groups (broad SMARTS) is 1. The summed E-state index contributed by atoms with van der Waals surface area (Å²) >= 11 is 1.24. The number of benzene rings is 2. The molecule has 0 saturated heterocycles. The van der Waals surface area contributed by atoms with Crippen molar-refractivity contribution in [3.63, 3.8) is 0 Å². The van der Waals surface area contributed by atoms with Crippen LogP contribution in [0.25, 0.3) is 0 Å². The minimum Gasteiger partial charge on any atom is -0.481 e. The highest BCUT2D eigenvalue weighted by molar-refractivity contribution is 7.90. The Hall–Kier alpha value is -6.14. The lowest BCUT2D eigenvalue weighted by atomic mass is 9.92. The van der Waals surface area contributed by atoms with Crippen LogP contribution < -0.4 is 34.5 Å². The number of urea groups is 1. The van der Waals surface area contributed by atoms with Crippen molar-refractivity contribution in [1.82, 2.24) is 28.6 Å². The number of anilines is 3. The molecule has 53 heavy (non-hydrogen) atoms. The summed E-state index contributed by atoms with van der Waals surface area (Å²) in [4.78, 5) is 52.8. The smallest absolute Gasteiger partial charge is 0.337 e. The number of amides is 3. The predicted octanol–water partition coefficient (Wildman–Crippen LogP) is 2.78. The number of terminal acetylenes is 1. The number of fused-ring (bicyclic) bond motifs is 2. The molecule has 0 saturated carbocycles. The molecule has 278 valence electrons. The second-order valence-electron chi connectivity index (χ2n) is 12.0. The number of nitrogens with zero attached hydrogens (tertiary/aromatic N) is 7. The largest absolute Gasteiger partial charge is 0.481 e. The average Bonchev–Trinajstić information content (AvgIpc) is 3.61. The summed E-state index contributed by atoms with van der Waals surface area (Å²) < 4.78 is 57.8. The monoisotopic (exact) mass is 768 g/mol. The van der Waals surface area contributed by atoms with Gasteiger partial charge in [-0.1, -0.05) is 31.9 Å². The van der Waals surface area contributed by atoms with Crippen molar-refractivity contribution in [3.05, 3.63) is 58.4 Å². The molecule has 4 heterocycles. The predicted molar refractivity (Wildman–Crippen MR) is 189 cm³/mol. The van der Waals surface area contributed by atoms with Crippen LogP contribution in [0.15, 0.2) is 46.3 Å². The van der Waals surface area contributed by atoms with Crippen LogP contribution in [0.3, 0.4) is 0 Å². The van der Waals surface area contributed by atoms with Crippen molar-refractivity contribution >= 4 is 62.7 Å². The topological polar surface area (TPSA) is 232 Å². The van der Waals surface area contributed by atoms with Gasteiger partial charge in [0.05, 0.1) is 24.4 Å². The molecule has 0 fully saturated rings. The maximum atomic E-state index is 14.5. The van der Waals surface area contributed by atoms with Crippen molar-refractivity contribution in [1.29, 1.82) is 0 Å². The van der Waals surface area contributed by atoms with Gasteiger partial charge in [-0.2, -0.15) is 19.3 Å². The standard InChI is InChI=1S/C18H17FN4O2S.C14H16N6O6S/c1-4-5-22-13-7-12(11(19)6-14(13)25-9-16(22)24)20-17-23-10-18(2,3)8-15(23)21-26-17;1-3-26-14-18-11(15-2)16-12(19-14)17-13(23)20-27(24,25)9-7-5-4-6-8(9)10(21)22/h1,6-7H,5,8-10H2,2-3H3;4-7H,3H2,1-2H3,(H,21,22)(H3,15,16,17,18,19,20,23). The number of carbonyl (C=O) groups excluding carboxylic acids is 2. The van der Waals surface area contributed by atoms with E-state index in [1.54, 1.807) is 11.6 Å². The molecule has 0 atom stereocenters. The lowest BCUT2D eigenvalue weighted by Crippen LogP contribution is -2.39. The van der Waals surface area contributed by atoms with Gasteiger partial charge in [0.25, 0.3) is 15.9 Å². The molecule has 0 bridgehead atoms. The van der Waals surface area contributed by atoms with Crippen LogP contribution in [0.4, 0.5) is 32.5 Å². The number of aromatic nitrogens is 5. The number of carbonyl (C=O) groups is 3. The van der Waals surface area contributed by atoms with Gasteiger partial charge < -0.3 is 24.5 Å². The maximum Gasteiger partial charge on any atom is 0.337 e. The molecule has 4 aromatic rings. The SMILES string of the molecule is C#CCN1C(=O)COc2cc(F)c(N=c3snc4n3CC(C)(C)C4)cc21.CCOc1nc(NC)nc(NC(=O)NS(=O)(=O)c2ccccc2C(=O)O)n1. The van der Waals surface area contributed by atoms with Crippen molar-refractivity contribution in [3.8, 4) is 24.1 Å². The Kier molecular flexibility index (Phi) is 11.2. The summed E-state index contributed by atoms with van der Waals surface area (Å²) in [6, 6.07) is 6.35. The zero-order valence-electron chi connectivity index (χ0n) is 28.7. The molecule has 2 aromatic carbocycles. The third kappa shape index (κ3) is 8.85. The van der Waals surface area contributed by atoms with Gasteiger partial charge in [0.1, 0.15) is 22.2 Å². The molecule has 4 N–H and O–H groups in total. The minimum atomic E-state index is -4.45. The highest BCUT2D eigenvalue weighted by Crippen LogP contribution is 2.37. The molecule has 3 amide bonds. The Balaban J connectivity index is 0.000000204. The van der Waals surface area contributed by atoms with Gasteiger partial charge in [-0.15, -0.1) is 6.42 Å². The van der Waals surface area contributed by atoms with E-state index in [1.807, 2.05) is 4.57 Å². The van der Waals surface area contributed by atoms with E-state index in [4.69, 9.17) is 21.0 Å². The molecule has 0 aliphatic carbocycles. The lowest BCUT2D eigenvalue weighted by molar-refractivity contribution is -0.121. The van der Waals surface area contributed by atoms with Crippen molar-refractivity contribution in [2.45, 2.75) is 38.6 Å². The molecule has 0 radical (unpaired) electrons. The first kappa shape index (κ1) is 38.1. The summed E-state index contributed by atoms with van der Waals surface area (Å²) in [5.41, 5.74) is 0.200. The maximum absolute atomic E-state index is 14.5. The summed E-state index contributed by atoms with van der Waals surface area (Å²) in [6.45, 7) is 7.02. The molecule has 18 nitrogen and oxygen atoms in total. The Morgan fingerprint density at radius 3 is 2.64 bits per heavy atom. The second-order valence-corrected chi connectivity index (χ2v) is 14.4. The number of hydrogen-bond acceptors (Lipinski definition) is 14. The van der Waals surface area contributed by atoms with Gasteiger partial charge in [0, 0.05) is 37.6 Å². The fourth-order valence-corrected chi connectivity index (χ4v) is 7.01. The quantitative estimate of drug-likeness (QED) is 0.180. The summed E-state index contributed by atoms with van der Waals surface area (Å²) in [6.07, 6.45) is 6.22. The van der Waals surface area contributed by atoms with Crippen LogP contribution in [-0.2, 0) is 27.8 Å². The number of sulfonamides is 1. The van der Waals surface area contributed by atoms with E-state index in [-0.39, 0.29) is 54.7 Å². The number of carboxylic acids is 1. The van der Waals surface area contributed by atoms with Gasteiger partial charge in [-0.25, -0.2) is 32.1 Å². The van der Waals surface area contributed by atoms with E-state index in [1.165, 1.54) is 47.7 Å². The van der Waals surface area contributed by atoms with Crippen LogP contribution in [-0.4, -0.2) is 82.1 Å². The van der Waals surface area contributed by atoms with E-state index in [0.29, 0.717) is 16.2 Å². The molecular weight excluding hydrogens is 736 g/mol. The van der Waals surface area contributed by atoms with E-state index in [0.717, 1.165) is 30.9 Å². The number of hydrogen-bond donors (Lipinski definition) is 4. The van der Waals surface area contributed by atoms with Gasteiger partial charge in [-0.05, 0) is 30.5 Å². The molecule has 2 aliphatic heterocycles. The Morgan fingerprint density at radius 2 is 1.94 bits per heavy atom. The fourth-order valence-electron chi connectivity index (χ4n) is 5.15. The number of rotatable bonds is 9. The van der Waals surface area contributed by atoms with Crippen LogP contribution in [0, 0.1) is 23.6 Å². The summed E-state index contributed by atoms with van der Waals surface area (Å²) in [7, 11) is -2.92. The van der Waals surface area contributed by atoms with Gasteiger partial charge >= 0.3 is 18.0 Å². The Bertz CT molecular complexity index is 2300. The molecule has 21 heteroatoms. The number of nitrogens with one attached hydrogen (secondary N) is 3. The van der Waals surface area contributed by atoms with E-state index >= 15 is 0 Å². The minimum absolute atomic E-state index is 0.0776. The molecule has 2 aromatic heterocycles. The van der Waals surface area contributed by atoms with Gasteiger partial charge in [0.15, 0.2) is 12.4 Å². The fraction of sp³-hybridized carbons (Fsp3) is 0.312.